The van der Waals surface area contributed by atoms with Crippen LogP contribution >= 0.6 is 0 Å². The fourth-order valence-corrected chi connectivity index (χ4v) is 2.38. The van der Waals surface area contributed by atoms with Gasteiger partial charge in [0.05, 0.1) is 17.9 Å². The van der Waals surface area contributed by atoms with Gasteiger partial charge in [-0.3, -0.25) is 9.59 Å². The molecule has 1 aliphatic heterocycles. The molecule has 0 saturated carbocycles. The van der Waals surface area contributed by atoms with E-state index >= 15 is 0 Å². The predicted molar refractivity (Wildman–Crippen MR) is 73.7 cm³/mol. The summed E-state index contributed by atoms with van der Waals surface area (Å²) in [5.41, 5.74) is 3.13. The number of Topliss-reactive ketones (excluding diaryl/α,β-unsaturated/α-hetero) is 1. The Morgan fingerprint density at radius 2 is 1.79 bits per heavy atom. The predicted octanol–water partition coefficient (Wildman–Crippen LogP) is 2.26. The zero-order valence-electron chi connectivity index (χ0n) is 11.7. The molecule has 4 nitrogen and oxygen atoms in total. The number of fused-ring (bicyclic) bond motifs is 1. The summed E-state index contributed by atoms with van der Waals surface area (Å²) >= 11 is 0. The number of hydrogen-bond donors (Lipinski definition) is 0. The summed E-state index contributed by atoms with van der Waals surface area (Å²) in [5, 5.41) is 0. The molecule has 0 radical (unpaired) electrons. The van der Waals surface area contributed by atoms with E-state index in [0.29, 0.717) is 25.3 Å². The van der Waals surface area contributed by atoms with E-state index in [9.17, 15) is 9.59 Å². The Morgan fingerprint density at radius 3 is 2.47 bits per heavy atom. The van der Waals surface area contributed by atoms with Gasteiger partial charge in [-0.1, -0.05) is 19.1 Å². The highest BCUT2D eigenvalue weighted by Gasteiger charge is 2.37. The van der Waals surface area contributed by atoms with Crippen molar-refractivity contribution in [3.63, 3.8) is 0 Å². The van der Waals surface area contributed by atoms with E-state index < -0.39 is 11.7 Å². The van der Waals surface area contributed by atoms with E-state index in [0.717, 1.165) is 23.2 Å². The number of hydrogen-bond acceptors (Lipinski definition) is 3. The van der Waals surface area contributed by atoms with Crippen LogP contribution < -0.4 is 4.90 Å². The number of rotatable bonds is 5. The topological polar surface area (TPSA) is 46.6 Å². The minimum absolute atomic E-state index is 0.397. The highest BCUT2D eigenvalue weighted by Crippen LogP contribution is 2.34. The number of benzene rings is 1. The van der Waals surface area contributed by atoms with Gasteiger partial charge in [0.15, 0.2) is 0 Å². The van der Waals surface area contributed by atoms with Gasteiger partial charge < -0.3 is 9.64 Å². The largest absolute Gasteiger partial charge is 0.380 e. The summed E-state index contributed by atoms with van der Waals surface area (Å²) < 4.78 is 5.41. The molecule has 1 aromatic rings. The maximum atomic E-state index is 12.1. The van der Waals surface area contributed by atoms with E-state index in [1.165, 1.54) is 0 Å². The number of anilines is 1. The summed E-state index contributed by atoms with van der Waals surface area (Å²) in [5.74, 6) is -0.834. The molecule has 0 spiro atoms. The first-order chi connectivity index (χ1) is 9.07. The smallest absolute Gasteiger partial charge is 0.299 e. The lowest BCUT2D eigenvalue weighted by Crippen LogP contribution is -2.33. The fourth-order valence-electron chi connectivity index (χ4n) is 2.38. The minimum atomic E-state index is -0.438. The van der Waals surface area contributed by atoms with Crippen molar-refractivity contribution in [1.29, 1.82) is 0 Å². The van der Waals surface area contributed by atoms with Gasteiger partial charge in [-0.2, -0.15) is 0 Å². The summed E-state index contributed by atoms with van der Waals surface area (Å²) in [6.45, 7) is 7.38. The highest BCUT2D eigenvalue weighted by molar-refractivity contribution is 6.52. The van der Waals surface area contributed by atoms with Crippen molar-refractivity contribution in [2.24, 2.45) is 0 Å². The molecule has 0 atom stereocenters. The molecule has 0 fully saturated rings. The van der Waals surface area contributed by atoms with Crippen molar-refractivity contribution in [3.05, 3.63) is 28.8 Å². The third-order valence-electron chi connectivity index (χ3n) is 3.33. The summed E-state index contributed by atoms with van der Waals surface area (Å²) in [4.78, 5) is 25.6. The summed E-state index contributed by atoms with van der Waals surface area (Å²) in [6, 6.07) is 3.83. The molecule has 1 amide bonds. The van der Waals surface area contributed by atoms with Gasteiger partial charge in [-0.15, -0.1) is 0 Å². The van der Waals surface area contributed by atoms with Gasteiger partial charge in [0.2, 0.25) is 0 Å². The minimum Gasteiger partial charge on any atom is -0.380 e. The van der Waals surface area contributed by atoms with Crippen LogP contribution in [0.2, 0.25) is 0 Å². The van der Waals surface area contributed by atoms with Crippen molar-refractivity contribution in [2.45, 2.75) is 27.2 Å². The lowest BCUT2D eigenvalue weighted by molar-refractivity contribution is -0.114. The van der Waals surface area contributed by atoms with Crippen LogP contribution in [0.3, 0.4) is 0 Å². The van der Waals surface area contributed by atoms with Crippen LogP contribution in [0, 0.1) is 13.8 Å². The lowest BCUT2D eigenvalue weighted by atomic mass is 10.0. The van der Waals surface area contributed by atoms with Crippen molar-refractivity contribution in [3.8, 4) is 0 Å². The molecule has 2 rings (SSSR count). The molecular formula is C15H19NO3. The zero-order chi connectivity index (χ0) is 14.0. The maximum Gasteiger partial charge on any atom is 0.299 e. The first kappa shape index (κ1) is 13.7. The fraction of sp³-hybridized carbons (Fsp3) is 0.467. The Bertz CT molecular complexity index is 522. The Balaban J connectivity index is 2.26. The Labute approximate surface area is 113 Å². The highest BCUT2D eigenvalue weighted by atomic mass is 16.5. The SMILES string of the molecule is CCCOCCN1C(=O)C(=O)c2c(C)ccc(C)c21. The molecule has 1 aromatic carbocycles. The van der Waals surface area contributed by atoms with Crippen LogP contribution in [-0.4, -0.2) is 31.4 Å². The molecule has 0 saturated heterocycles. The monoisotopic (exact) mass is 261 g/mol. The van der Waals surface area contributed by atoms with E-state index in [2.05, 4.69) is 0 Å². The van der Waals surface area contributed by atoms with Gasteiger partial charge in [0, 0.05) is 13.2 Å². The van der Waals surface area contributed by atoms with Gasteiger partial charge in [-0.25, -0.2) is 0 Å². The van der Waals surface area contributed by atoms with Crippen LogP contribution in [0.25, 0.3) is 0 Å². The summed E-state index contributed by atoms with van der Waals surface area (Å²) in [7, 11) is 0. The number of carbonyl (C=O) groups excluding carboxylic acids is 2. The molecule has 0 bridgehead atoms. The second-order valence-electron chi connectivity index (χ2n) is 4.82. The van der Waals surface area contributed by atoms with Gasteiger partial charge in [0.25, 0.3) is 11.7 Å². The molecular weight excluding hydrogens is 242 g/mol. The Hall–Kier alpha value is -1.68. The molecule has 4 heteroatoms. The number of ketones is 1. The standard InChI is InChI=1S/C15H19NO3/c1-4-8-19-9-7-16-13-11(3)6-5-10(2)12(13)14(17)15(16)18/h5-6H,4,7-9H2,1-3H3. The second kappa shape index (κ2) is 5.53. The molecule has 0 N–H and O–H groups in total. The number of nitrogens with zero attached hydrogens (tertiary/aromatic N) is 1. The Kier molecular flexibility index (Phi) is 4.00. The van der Waals surface area contributed by atoms with Crippen molar-refractivity contribution < 1.29 is 14.3 Å². The zero-order valence-corrected chi connectivity index (χ0v) is 11.7. The first-order valence-electron chi connectivity index (χ1n) is 6.62. The van der Waals surface area contributed by atoms with Crippen molar-refractivity contribution in [1.82, 2.24) is 0 Å². The van der Waals surface area contributed by atoms with Crippen molar-refractivity contribution in [2.75, 3.05) is 24.7 Å². The third kappa shape index (κ3) is 2.40. The second-order valence-corrected chi connectivity index (χ2v) is 4.82. The number of amides is 1. The van der Waals surface area contributed by atoms with Gasteiger partial charge in [0.1, 0.15) is 0 Å². The van der Waals surface area contributed by atoms with Crippen LogP contribution in [0.15, 0.2) is 12.1 Å². The van der Waals surface area contributed by atoms with E-state index in [-0.39, 0.29) is 0 Å². The van der Waals surface area contributed by atoms with Crippen LogP contribution in [0.1, 0.15) is 34.8 Å². The molecule has 0 unspecified atom stereocenters. The van der Waals surface area contributed by atoms with Gasteiger partial charge in [-0.05, 0) is 31.4 Å². The van der Waals surface area contributed by atoms with E-state index in [4.69, 9.17) is 4.74 Å². The van der Waals surface area contributed by atoms with Crippen LogP contribution in [0.5, 0.6) is 0 Å². The average molecular weight is 261 g/mol. The van der Waals surface area contributed by atoms with Crippen LogP contribution in [-0.2, 0) is 9.53 Å². The Morgan fingerprint density at radius 1 is 1.11 bits per heavy atom. The van der Waals surface area contributed by atoms with Crippen LogP contribution in [0.4, 0.5) is 5.69 Å². The molecule has 1 heterocycles. The molecule has 1 aliphatic rings. The van der Waals surface area contributed by atoms with E-state index in [1.807, 2.05) is 32.9 Å². The molecule has 102 valence electrons. The molecule has 0 aliphatic carbocycles. The summed E-state index contributed by atoms with van der Waals surface area (Å²) in [6.07, 6.45) is 0.946. The van der Waals surface area contributed by atoms with Gasteiger partial charge >= 0.3 is 0 Å². The number of aryl methyl sites for hydroxylation is 2. The molecule has 0 aromatic heterocycles. The average Bonchev–Trinajstić information content (AvgIpc) is 2.65. The third-order valence-corrected chi connectivity index (χ3v) is 3.33. The van der Waals surface area contributed by atoms with E-state index in [1.54, 1.807) is 4.90 Å². The first-order valence-corrected chi connectivity index (χ1v) is 6.62. The lowest BCUT2D eigenvalue weighted by Gasteiger charge is -2.18. The maximum absolute atomic E-state index is 12.1. The number of ether oxygens (including phenoxy) is 1. The quantitative estimate of drug-likeness (QED) is 0.603. The molecule has 19 heavy (non-hydrogen) atoms. The number of carbonyl (C=O) groups is 2. The van der Waals surface area contributed by atoms with Crippen molar-refractivity contribution >= 4 is 17.4 Å². The normalized spacial score (nSPS) is 14.2.